The molecule has 0 N–H and O–H groups in total. The van der Waals surface area contributed by atoms with Crippen LogP contribution in [0.4, 0.5) is 19.0 Å². The van der Waals surface area contributed by atoms with Crippen LogP contribution in [0.5, 0.6) is 0 Å². The van der Waals surface area contributed by atoms with Crippen molar-refractivity contribution in [1.29, 1.82) is 0 Å². The summed E-state index contributed by atoms with van der Waals surface area (Å²) in [6.45, 7) is 5.34. The first-order valence-electron chi connectivity index (χ1n) is 14.6. The molecule has 2 fully saturated rings. The van der Waals surface area contributed by atoms with Gasteiger partial charge < -0.3 is 9.80 Å². The maximum Gasteiger partial charge on any atom is 0.437 e. The quantitative estimate of drug-likeness (QED) is 0.190. The molecule has 2 aliphatic rings. The van der Waals surface area contributed by atoms with Crippen LogP contribution < -0.4 is 4.90 Å². The molecule has 2 aromatic heterocycles. The van der Waals surface area contributed by atoms with Crippen LogP contribution in [0.15, 0.2) is 59.6 Å². The van der Waals surface area contributed by atoms with Crippen molar-refractivity contribution in [1.82, 2.24) is 24.6 Å². The topological polar surface area (TPSA) is 93.5 Å². The predicted octanol–water partition coefficient (Wildman–Crippen LogP) is 6.31. The monoisotopic (exact) mass is 682 g/mol. The Hall–Kier alpha value is -2.97. The minimum Gasteiger partial charge on any atom is -0.355 e. The number of anilines is 1. The van der Waals surface area contributed by atoms with E-state index in [-0.39, 0.29) is 22.7 Å². The summed E-state index contributed by atoms with van der Waals surface area (Å²) >= 11 is 12.4. The van der Waals surface area contributed by atoms with Crippen molar-refractivity contribution in [3.05, 3.63) is 76.0 Å². The zero-order chi connectivity index (χ0) is 31.9. The smallest absolute Gasteiger partial charge is 0.355 e. The van der Waals surface area contributed by atoms with Gasteiger partial charge in [0.15, 0.2) is 11.3 Å². The number of likely N-dealkylation sites (tertiary alicyclic amines) is 1. The molecule has 45 heavy (non-hydrogen) atoms. The van der Waals surface area contributed by atoms with E-state index in [1.165, 1.54) is 29.1 Å². The number of benzene rings is 2. The molecule has 0 radical (unpaired) electrons. The summed E-state index contributed by atoms with van der Waals surface area (Å²) in [4.78, 5) is 13.2. The summed E-state index contributed by atoms with van der Waals surface area (Å²) in [5.41, 5.74) is -0.839. The molecule has 4 heterocycles. The van der Waals surface area contributed by atoms with Crippen LogP contribution in [0.25, 0.3) is 11.2 Å². The van der Waals surface area contributed by atoms with Crippen LogP contribution in [0, 0.1) is 11.8 Å². The molecular formula is C30H31Cl2F3N6O3S. The second-order valence-corrected chi connectivity index (χ2v) is 13.9. The van der Waals surface area contributed by atoms with Crippen molar-refractivity contribution in [3.63, 3.8) is 0 Å². The molecule has 15 heteroatoms. The number of alkyl halides is 3. The highest BCUT2D eigenvalue weighted by atomic mass is 35.5. The summed E-state index contributed by atoms with van der Waals surface area (Å²) < 4.78 is 73.1. The van der Waals surface area contributed by atoms with Crippen molar-refractivity contribution in [2.24, 2.45) is 11.8 Å². The fourth-order valence-electron chi connectivity index (χ4n) is 6.09. The Morgan fingerprint density at radius 3 is 2.53 bits per heavy atom. The Bertz CT molecular complexity index is 1790. The van der Waals surface area contributed by atoms with Gasteiger partial charge >= 0.3 is 6.18 Å². The van der Waals surface area contributed by atoms with Gasteiger partial charge in [-0.1, -0.05) is 47.5 Å². The second-order valence-electron chi connectivity index (χ2n) is 11.5. The van der Waals surface area contributed by atoms with Gasteiger partial charge in [0.2, 0.25) is 0 Å². The molecule has 2 saturated heterocycles. The number of piperidine rings is 1. The first kappa shape index (κ1) is 32.0. The van der Waals surface area contributed by atoms with E-state index in [1.54, 1.807) is 37.3 Å². The van der Waals surface area contributed by atoms with E-state index in [0.717, 1.165) is 25.9 Å². The van der Waals surface area contributed by atoms with Crippen molar-refractivity contribution in [2.45, 2.75) is 36.9 Å². The van der Waals surface area contributed by atoms with Gasteiger partial charge in [0, 0.05) is 36.2 Å². The lowest BCUT2D eigenvalue weighted by Gasteiger charge is -2.47. The second kappa shape index (κ2) is 12.7. The number of aromatic nitrogens is 4. The number of fused-ring (bicyclic) bond motifs is 1. The van der Waals surface area contributed by atoms with Crippen LogP contribution in [0.1, 0.15) is 37.1 Å². The fraction of sp³-hybridized carbons (Fsp3) is 0.433. The third-order valence-electron chi connectivity index (χ3n) is 8.56. The van der Waals surface area contributed by atoms with Crippen molar-refractivity contribution in [2.75, 3.05) is 44.2 Å². The lowest BCUT2D eigenvalue weighted by molar-refractivity contribution is -0.140. The Labute approximate surface area is 269 Å². The molecule has 240 valence electrons. The highest BCUT2D eigenvalue weighted by Gasteiger charge is 2.40. The number of rotatable bonds is 9. The third kappa shape index (κ3) is 6.78. The SMILES string of the molecule is C[C@H](c1ccc(Cl)cc1Cl)n1nc(C(F)(F)F)c2ncc(N3CC([C@H]4CCCN(CCOS(=O)(=O)c5ccccc5)C4)C3)nc21. The van der Waals surface area contributed by atoms with Gasteiger partial charge in [0.1, 0.15) is 11.3 Å². The molecule has 0 unspecified atom stereocenters. The van der Waals surface area contributed by atoms with Gasteiger partial charge in [-0.15, -0.1) is 0 Å². The lowest BCUT2D eigenvalue weighted by Crippen LogP contribution is -2.54. The minimum atomic E-state index is -4.71. The fourth-order valence-corrected chi connectivity index (χ4v) is 7.58. The normalized spacial score (nSPS) is 19.2. The highest BCUT2D eigenvalue weighted by molar-refractivity contribution is 7.86. The molecule has 0 saturated carbocycles. The number of nitrogens with zero attached hydrogens (tertiary/aromatic N) is 6. The van der Waals surface area contributed by atoms with Crippen LogP contribution in [0.2, 0.25) is 10.0 Å². The van der Waals surface area contributed by atoms with Crippen molar-refractivity contribution < 1.29 is 25.8 Å². The molecule has 0 aliphatic carbocycles. The van der Waals surface area contributed by atoms with Gasteiger partial charge in [-0.3, -0.25) is 4.18 Å². The summed E-state index contributed by atoms with van der Waals surface area (Å²) in [6.07, 6.45) is -1.31. The van der Waals surface area contributed by atoms with Gasteiger partial charge in [0.05, 0.1) is 23.7 Å². The molecule has 9 nitrogen and oxygen atoms in total. The molecule has 0 spiro atoms. The zero-order valence-corrected chi connectivity index (χ0v) is 26.6. The number of halogens is 5. The number of hydrogen-bond acceptors (Lipinski definition) is 8. The molecule has 6 rings (SSSR count). The van der Waals surface area contributed by atoms with Gasteiger partial charge in [-0.05, 0) is 68.0 Å². The lowest BCUT2D eigenvalue weighted by atomic mass is 9.80. The van der Waals surface area contributed by atoms with E-state index in [9.17, 15) is 21.6 Å². The maximum absolute atomic E-state index is 13.9. The van der Waals surface area contributed by atoms with E-state index in [0.29, 0.717) is 52.9 Å². The minimum absolute atomic E-state index is 0.0242. The van der Waals surface area contributed by atoms with E-state index in [4.69, 9.17) is 27.4 Å². The van der Waals surface area contributed by atoms with Gasteiger partial charge in [-0.25, -0.2) is 14.6 Å². The first-order valence-corrected chi connectivity index (χ1v) is 16.8. The Balaban J connectivity index is 1.12. The average Bonchev–Trinajstić information content (AvgIpc) is 3.37. The number of hydrogen-bond donors (Lipinski definition) is 0. The van der Waals surface area contributed by atoms with E-state index < -0.39 is 28.0 Å². The first-order chi connectivity index (χ1) is 21.4. The molecule has 2 aliphatic heterocycles. The van der Waals surface area contributed by atoms with Crippen LogP contribution in [-0.4, -0.2) is 72.4 Å². The Morgan fingerprint density at radius 1 is 1.07 bits per heavy atom. The van der Waals surface area contributed by atoms with Gasteiger partial charge in [0.25, 0.3) is 10.1 Å². The van der Waals surface area contributed by atoms with E-state index in [1.807, 2.05) is 4.90 Å². The molecule has 0 amide bonds. The zero-order valence-electron chi connectivity index (χ0n) is 24.3. The van der Waals surface area contributed by atoms with Gasteiger partial charge in [-0.2, -0.15) is 26.7 Å². The summed E-state index contributed by atoms with van der Waals surface area (Å²) in [5, 5.41) is 4.63. The van der Waals surface area contributed by atoms with Crippen LogP contribution >= 0.6 is 23.2 Å². The van der Waals surface area contributed by atoms with Crippen LogP contribution in [-0.2, 0) is 20.5 Å². The van der Waals surface area contributed by atoms with Crippen LogP contribution in [0.3, 0.4) is 0 Å². The molecule has 2 aromatic carbocycles. The maximum atomic E-state index is 13.9. The van der Waals surface area contributed by atoms with Crippen molar-refractivity contribution >= 4 is 50.3 Å². The predicted molar refractivity (Wildman–Crippen MR) is 165 cm³/mol. The Morgan fingerprint density at radius 2 is 1.82 bits per heavy atom. The van der Waals surface area contributed by atoms with Crippen molar-refractivity contribution in [3.8, 4) is 0 Å². The highest BCUT2D eigenvalue weighted by Crippen LogP contribution is 2.38. The summed E-state index contributed by atoms with van der Waals surface area (Å²) in [6, 6.07) is 12.2. The summed E-state index contributed by atoms with van der Waals surface area (Å²) in [7, 11) is -3.80. The molecular weight excluding hydrogens is 652 g/mol. The van der Waals surface area contributed by atoms with E-state index in [2.05, 4.69) is 20.0 Å². The Kier molecular flexibility index (Phi) is 9.01. The van der Waals surface area contributed by atoms with E-state index >= 15 is 0 Å². The summed E-state index contributed by atoms with van der Waals surface area (Å²) in [5.74, 6) is 1.24. The molecule has 2 atom stereocenters. The largest absolute Gasteiger partial charge is 0.437 e. The third-order valence-corrected chi connectivity index (χ3v) is 10.4. The molecule has 4 aromatic rings. The average molecular weight is 684 g/mol. The molecule has 0 bridgehead atoms. The standard InChI is InChI=1S/C30H31Cl2F3N6O3S/c1-19(24-10-9-22(31)14-25(24)32)41-29-27(28(38-41)30(33,34)35)36-15-26(37-29)40-17-21(18-40)20-6-5-11-39(16-20)12-13-44-45(42,43)23-7-3-2-4-8-23/h2-4,7-10,14-15,19-21H,5-6,11-13,16-18H2,1H3/t19-,20+/m1/s1.